The highest BCUT2D eigenvalue weighted by molar-refractivity contribution is 5.91. The van der Waals surface area contributed by atoms with Crippen molar-refractivity contribution in [1.29, 1.82) is 0 Å². The first-order valence-electron chi connectivity index (χ1n) is 12.0. The van der Waals surface area contributed by atoms with E-state index >= 15 is 0 Å². The summed E-state index contributed by atoms with van der Waals surface area (Å²) >= 11 is 0. The Kier molecular flexibility index (Phi) is 4.78. The monoisotopic (exact) mass is 459 g/mol. The Balaban J connectivity index is 1.26. The summed E-state index contributed by atoms with van der Waals surface area (Å²) in [5.41, 5.74) is 8.39. The Bertz CT molecular complexity index is 1890. The highest BCUT2D eigenvalue weighted by atomic mass is 14.7. The third kappa shape index (κ3) is 3.68. The summed E-state index contributed by atoms with van der Waals surface area (Å²) in [5, 5.41) is 4.71. The molecule has 0 amide bonds. The lowest BCUT2D eigenvalue weighted by atomic mass is 10.0. The number of hydrogen-bond acceptors (Lipinski definition) is 3. The second-order valence-corrected chi connectivity index (χ2v) is 9.01. The summed E-state index contributed by atoms with van der Waals surface area (Å²) in [7, 11) is 0. The van der Waals surface area contributed by atoms with Gasteiger partial charge in [0.05, 0.1) is 22.4 Å². The van der Waals surface area contributed by atoms with E-state index in [0.29, 0.717) is 0 Å². The van der Waals surface area contributed by atoms with Gasteiger partial charge in [-0.05, 0) is 70.4 Å². The van der Waals surface area contributed by atoms with E-state index in [2.05, 4.69) is 108 Å². The lowest BCUT2D eigenvalue weighted by molar-refractivity contribution is 1.31. The van der Waals surface area contributed by atoms with Gasteiger partial charge in [-0.2, -0.15) is 0 Å². The predicted octanol–water partition coefficient (Wildman–Crippen LogP) is 8.33. The highest BCUT2D eigenvalue weighted by Gasteiger charge is 2.07. The largest absolute Gasteiger partial charge is 0.265 e. The van der Waals surface area contributed by atoms with Gasteiger partial charge < -0.3 is 0 Å². The maximum Gasteiger partial charge on any atom is 0.0715 e. The van der Waals surface area contributed by atoms with Gasteiger partial charge in [0.2, 0.25) is 0 Å². The summed E-state index contributed by atoms with van der Waals surface area (Å²) < 4.78 is 0. The molecule has 0 bridgehead atoms. The first kappa shape index (κ1) is 20.5. The molecule has 0 aliphatic rings. The zero-order chi connectivity index (χ0) is 23.9. The van der Waals surface area contributed by atoms with Gasteiger partial charge in [-0.25, -0.2) is 9.97 Å². The third-order valence-corrected chi connectivity index (χ3v) is 6.74. The fraction of sp³-hybridized carbons (Fsp3) is 0. The van der Waals surface area contributed by atoms with Crippen molar-refractivity contribution in [3.63, 3.8) is 0 Å². The van der Waals surface area contributed by atoms with Crippen molar-refractivity contribution in [1.82, 2.24) is 15.0 Å². The molecule has 7 rings (SSSR count). The van der Waals surface area contributed by atoms with E-state index < -0.39 is 0 Å². The van der Waals surface area contributed by atoms with Crippen LogP contribution in [0.3, 0.4) is 0 Å². The molecule has 3 heterocycles. The van der Waals surface area contributed by atoms with E-state index in [-0.39, 0.29) is 0 Å². The summed E-state index contributed by atoms with van der Waals surface area (Å²) in [4.78, 5) is 14.0. The smallest absolute Gasteiger partial charge is 0.0715 e. The first-order valence-corrected chi connectivity index (χ1v) is 12.0. The molecule has 0 spiro atoms. The molecule has 0 aliphatic heterocycles. The van der Waals surface area contributed by atoms with Gasteiger partial charge in [0.25, 0.3) is 0 Å². The van der Waals surface area contributed by atoms with Crippen LogP contribution >= 0.6 is 0 Å². The predicted molar refractivity (Wildman–Crippen MR) is 149 cm³/mol. The van der Waals surface area contributed by atoms with Crippen molar-refractivity contribution in [3.8, 4) is 33.6 Å². The van der Waals surface area contributed by atoms with Crippen molar-refractivity contribution < 1.29 is 0 Å². The molecule has 3 aromatic heterocycles. The van der Waals surface area contributed by atoms with Crippen molar-refractivity contribution in [2.75, 3.05) is 0 Å². The zero-order valence-corrected chi connectivity index (χ0v) is 19.5. The molecule has 4 aromatic carbocycles. The average molecular weight is 460 g/mol. The Morgan fingerprint density at radius 1 is 0.361 bits per heavy atom. The standard InChI is InChI=1S/C33H21N3/c1-2-4-25-19-28(8-5-22(25)3-1)32-14-11-29-20-26(10-13-31(29)35-32)27-7-6-23-9-12-30(36-33(23)21-27)24-15-17-34-18-16-24/h1-21H. The summed E-state index contributed by atoms with van der Waals surface area (Å²) in [6.45, 7) is 0. The van der Waals surface area contributed by atoms with Crippen LogP contribution in [0.15, 0.2) is 128 Å². The maximum atomic E-state index is 4.96. The molecule has 168 valence electrons. The minimum Gasteiger partial charge on any atom is -0.265 e. The molecule has 0 saturated heterocycles. The number of benzene rings is 4. The second-order valence-electron chi connectivity index (χ2n) is 9.01. The van der Waals surface area contributed by atoms with Gasteiger partial charge in [-0.3, -0.25) is 4.98 Å². The molecule has 0 unspecified atom stereocenters. The number of pyridine rings is 3. The van der Waals surface area contributed by atoms with Crippen LogP contribution in [-0.4, -0.2) is 15.0 Å². The SMILES string of the molecule is c1ccc2cc(-c3ccc4cc(-c5ccc6ccc(-c7ccncc7)nc6c5)ccc4n3)ccc2c1. The van der Waals surface area contributed by atoms with E-state index in [9.17, 15) is 0 Å². The quantitative estimate of drug-likeness (QED) is 0.267. The van der Waals surface area contributed by atoms with E-state index in [0.717, 1.165) is 55.4 Å². The van der Waals surface area contributed by atoms with E-state index in [1.807, 2.05) is 12.1 Å². The number of rotatable bonds is 3. The highest BCUT2D eigenvalue weighted by Crippen LogP contribution is 2.30. The number of hydrogen-bond donors (Lipinski definition) is 0. The normalized spacial score (nSPS) is 11.3. The van der Waals surface area contributed by atoms with Crippen LogP contribution in [0.2, 0.25) is 0 Å². The van der Waals surface area contributed by atoms with E-state index in [1.54, 1.807) is 12.4 Å². The average Bonchev–Trinajstić information content (AvgIpc) is 2.96. The fourth-order valence-electron chi connectivity index (χ4n) is 4.79. The van der Waals surface area contributed by atoms with Gasteiger partial charge in [-0.1, -0.05) is 66.7 Å². The van der Waals surface area contributed by atoms with Crippen molar-refractivity contribution in [2.45, 2.75) is 0 Å². The molecular formula is C33H21N3. The molecule has 0 fully saturated rings. The van der Waals surface area contributed by atoms with Crippen LogP contribution < -0.4 is 0 Å². The maximum absolute atomic E-state index is 4.96. The second kappa shape index (κ2) is 8.40. The summed E-state index contributed by atoms with van der Waals surface area (Å²) in [6, 6.07) is 40.3. The van der Waals surface area contributed by atoms with Crippen molar-refractivity contribution >= 4 is 32.6 Å². The summed E-state index contributed by atoms with van der Waals surface area (Å²) in [5.74, 6) is 0. The molecular weight excluding hydrogens is 438 g/mol. The molecule has 0 saturated carbocycles. The van der Waals surface area contributed by atoms with Crippen molar-refractivity contribution in [2.24, 2.45) is 0 Å². The van der Waals surface area contributed by atoms with Gasteiger partial charge >= 0.3 is 0 Å². The van der Waals surface area contributed by atoms with Crippen LogP contribution in [0.25, 0.3) is 66.2 Å². The molecule has 3 nitrogen and oxygen atoms in total. The molecule has 0 N–H and O–H groups in total. The van der Waals surface area contributed by atoms with Gasteiger partial charge in [0.1, 0.15) is 0 Å². The summed E-state index contributed by atoms with van der Waals surface area (Å²) in [6.07, 6.45) is 3.60. The molecule has 3 heteroatoms. The molecule has 0 aliphatic carbocycles. The van der Waals surface area contributed by atoms with Crippen LogP contribution in [0.4, 0.5) is 0 Å². The Morgan fingerprint density at radius 3 is 1.86 bits per heavy atom. The van der Waals surface area contributed by atoms with Gasteiger partial charge in [0, 0.05) is 34.3 Å². The van der Waals surface area contributed by atoms with Gasteiger partial charge in [-0.15, -0.1) is 0 Å². The molecule has 0 radical (unpaired) electrons. The number of fused-ring (bicyclic) bond motifs is 3. The van der Waals surface area contributed by atoms with E-state index in [1.165, 1.54) is 10.8 Å². The Hall–Kier alpha value is -4.89. The van der Waals surface area contributed by atoms with Crippen LogP contribution in [0.5, 0.6) is 0 Å². The zero-order valence-electron chi connectivity index (χ0n) is 19.5. The molecule has 0 atom stereocenters. The lowest BCUT2D eigenvalue weighted by Gasteiger charge is -2.09. The molecule has 36 heavy (non-hydrogen) atoms. The molecule has 7 aromatic rings. The number of aromatic nitrogens is 3. The van der Waals surface area contributed by atoms with Crippen molar-refractivity contribution in [3.05, 3.63) is 128 Å². The van der Waals surface area contributed by atoms with Crippen LogP contribution in [0.1, 0.15) is 0 Å². The van der Waals surface area contributed by atoms with E-state index in [4.69, 9.17) is 9.97 Å². The lowest BCUT2D eigenvalue weighted by Crippen LogP contribution is -1.88. The van der Waals surface area contributed by atoms with Crippen LogP contribution in [-0.2, 0) is 0 Å². The number of nitrogens with zero attached hydrogens (tertiary/aromatic N) is 3. The Morgan fingerprint density at radius 2 is 0.972 bits per heavy atom. The first-order chi connectivity index (χ1) is 17.8. The van der Waals surface area contributed by atoms with Crippen LogP contribution in [0, 0.1) is 0 Å². The fourth-order valence-corrected chi connectivity index (χ4v) is 4.79. The minimum atomic E-state index is 0.950. The van der Waals surface area contributed by atoms with Gasteiger partial charge in [0.15, 0.2) is 0 Å². The minimum absolute atomic E-state index is 0.950. The topological polar surface area (TPSA) is 38.7 Å². The Labute approximate surface area is 208 Å². The third-order valence-electron chi connectivity index (χ3n) is 6.74.